The van der Waals surface area contributed by atoms with E-state index >= 15 is 0 Å². The van der Waals surface area contributed by atoms with Crippen molar-refractivity contribution in [2.24, 2.45) is 0 Å². The predicted molar refractivity (Wildman–Crippen MR) is 76.8 cm³/mol. The molecular weight excluding hydrogens is 317 g/mol. The molecule has 0 radical (unpaired) electrons. The minimum Gasteiger partial charge on any atom is -0.351 e. The van der Waals surface area contributed by atoms with Gasteiger partial charge in [0, 0.05) is 19.2 Å². The van der Waals surface area contributed by atoms with Crippen LogP contribution in [-0.2, 0) is 6.18 Å². The zero-order valence-electron chi connectivity index (χ0n) is 12.3. The van der Waals surface area contributed by atoms with Crippen molar-refractivity contribution in [2.45, 2.75) is 26.4 Å². The number of hydrogen-bond donors (Lipinski definition) is 0. The van der Waals surface area contributed by atoms with Gasteiger partial charge in [-0.15, -0.1) is 11.3 Å². The van der Waals surface area contributed by atoms with E-state index < -0.39 is 11.9 Å². The van der Waals surface area contributed by atoms with Crippen molar-refractivity contribution in [1.82, 2.24) is 10.1 Å². The maximum atomic E-state index is 12.7. The second-order valence-corrected chi connectivity index (χ2v) is 5.96. The van der Waals surface area contributed by atoms with E-state index in [2.05, 4.69) is 9.68 Å². The highest BCUT2D eigenvalue weighted by Crippen LogP contribution is 2.38. The fraction of sp³-hybridized carbons (Fsp3) is 0.429. The molecule has 0 spiro atoms. The summed E-state index contributed by atoms with van der Waals surface area (Å²) >= 11 is 1.11. The number of hydrogen-bond acceptors (Lipinski definition) is 4. The summed E-state index contributed by atoms with van der Waals surface area (Å²) in [6, 6.07) is 3.18. The first-order valence-corrected chi connectivity index (χ1v) is 7.46. The molecular formula is C14H15F3N2O2S. The summed E-state index contributed by atoms with van der Waals surface area (Å²) in [6.45, 7) is 3.88. The number of carbonyl (C=O) groups is 1. The molecule has 0 aliphatic heterocycles. The van der Waals surface area contributed by atoms with Gasteiger partial charge in [-0.05, 0) is 25.5 Å². The smallest absolute Gasteiger partial charge is 0.351 e. The van der Waals surface area contributed by atoms with E-state index in [0.29, 0.717) is 16.3 Å². The van der Waals surface area contributed by atoms with Gasteiger partial charge in [-0.25, -0.2) is 0 Å². The lowest BCUT2D eigenvalue weighted by Gasteiger charge is -2.14. The van der Waals surface area contributed by atoms with Gasteiger partial charge in [-0.2, -0.15) is 13.2 Å². The van der Waals surface area contributed by atoms with Crippen LogP contribution in [0.3, 0.4) is 0 Å². The van der Waals surface area contributed by atoms with E-state index in [9.17, 15) is 18.0 Å². The Balaban J connectivity index is 2.29. The van der Waals surface area contributed by atoms with Crippen LogP contribution in [0.2, 0.25) is 0 Å². The average molecular weight is 332 g/mol. The number of rotatable bonds is 4. The first-order valence-electron chi connectivity index (χ1n) is 6.64. The fourth-order valence-corrected chi connectivity index (χ4v) is 3.07. The standard InChI is InChI=1S/C14H15F3N2O2S/c1-4-7-19(3)13(20)10-6-5-9(22-10)11-8(2)12(21-18-11)14(15,16)17/h5-6H,4,7H2,1-3H3. The van der Waals surface area contributed by atoms with Crippen LogP contribution in [0, 0.1) is 6.92 Å². The average Bonchev–Trinajstić information content (AvgIpc) is 3.03. The SMILES string of the molecule is CCCN(C)C(=O)c1ccc(-c2noc(C(F)(F)F)c2C)s1. The third-order valence-electron chi connectivity index (χ3n) is 3.14. The van der Waals surface area contributed by atoms with Crippen molar-refractivity contribution in [3.05, 3.63) is 28.3 Å². The van der Waals surface area contributed by atoms with Crippen LogP contribution in [0.5, 0.6) is 0 Å². The van der Waals surface area contributed by atoms with Crippen molar-refractivity contribution < 1.29 is 22.5 Å². The molecule has 0 aliphatic rings. The molecule has 0 saturated carbocycles. The van der Waals surface area contributed by atoms with Gasteiger partial charge in [-0.3, -0.25) is 4.79 Å². The summed E-state index contributed by atoms with van der Waals surface area (Å²) in [7, 11) is 1.69. The Labute approximate surface area is 129 Å². The maximum Gasteiger partial charge on any atom is 0.452 e. The number of aromatic nitrogens is 1. The van der Waals surface area contributed by atoms with Gasteiger partial charge < -0.3 is 9.42 Å². The van der Waals surface area contributed by atoms with E-state index in [-0.39, 0.29) is 17.2 Å². The van der Waals surface area contributed by atoms with E-state index in [1.165, 1.54) is 6.92 Å². The molecule has 0 aliphatic carbocycles. The molecule has 2 heterocycles. The third-order valence-corrected chi connectivity index (χ3v) is 4.22. The van der Waals surface area contributed by atoms with Crippen LogP contribution in [0.15, 0.2) is 16.7 Å². The van der Waals surface area contributed by atoms with Crippen LogP contribution < -0.4 is 0 Å². The Bertz CT molecular complexity index is 676. The van der Waals surface area contributed by atoms with Gasteiger partial charge in [0.15, 0.2) is 0 Å². The number of thiophene rings is 1. The van der Waals surface area contributed by atoms with Gasteiger partial charge in [0.05, 0.1) is 9.75 Å². The quantitative estimate of drug-likeness (QED) is 0.842. The first kappa shape index (κ1) is 16.5. The number of amides is 1. The Hall–Kier alpha value is -1.83. The highest BCUT2D eigenvalue weighted by molar-refractivity contribution is 7.17. The molecule has 2 aromatic rings. The summed E-state index contributed by atoms with van der Waals surface area (Å²) in [4.78, 5) is 14.7. The lowest BCUT2D eigenvalue weighted by molar-refractivity contribution is -0.156. The number of nitrogens with zero attached hydrogens (tertiary/aromatic N) is 2. The van der Waals surface area contributed by atoms with Crippen LogP contribution in [-0.4, -0.2) is 29.6 Å². The summed E-state index contributed by atoms with van der Waals surface area (Å²) in [5.41, 5.74) is 0.0461. The minimum atomic E-state index is -4.58. The molecule has 2 aromatic heterocycles. The monoisotopic (exact) mass is 332 g/mol. The largest absolute Gasteiger partial charge is 0.452 e. The van der Waals surface area contributed by atoms with Crippen LogP contribution in [0.25, 0.3) is 10.6 Å². The highest BCUT2D eigenvalue weighted by atomic mass is 32.1. The Morgan fingerprint density at radius 1 is 1.41 bits per heavy atom. The number of carbonyl (C=O) groups excluding carboxylic acids is 1. The molecule has 120 valence electrons. The zero-order valence-corrected chi connectivity index (χ0v) is 13.1. The molecule has 1 amide bonds. The second kappa shape index (κ2) is 6.12. The highest BCUT2D eigenvalue weighted by Gasteiger charge is 2.39. The lowest BCUT2D eigenvalue weighted by Crippen LogP contribution is -2.26. The molecule has 0 unspecified atom stereocenters. The molecule has 4 nitrogen and oxygen atoms in total. The molecule has 0 atom stereocenters. The lowest BCUT2D eigenvalue weighted by atomic mass is 10.2. The van der Waals surface area contributed by atoms with E-state index in [1.54, 1.807) is 24.1 Å². The van der Waals surface area contributed by atoms with Crippen LogP contribution >= 0.6 is 11.3 Å². The predicted octanol–water partition coefficient (Wildman–Crippen LogP) is 4.21. The zero-order chi connectivity index (χ0) is 16.5. The summed E-state index contributed by atoms with van der Waals surface area (Å²) in [5.74, 6) is -1.26. The van der Waals surface area contributed by atoms with E-state index in [0.717, 1.165) is 17.8 Å². The summed E-state index contributed by atoms with van der Waals surface area (Å²) < 4.78 is 42.5. The molecule has 0 N–H and O–H groups in total. The molecule has 0 fully saturated rings. The molecule has 8 heteroatoms. The van der Waals surface area contributed by atoms with Gasteiger partial charge in [0.1, 0.15) is 5.69 Å². The first-order chi connectivity index (χ1) is 10.3. The van der Waals surface area contributed by atoms with Gasteiger partial charge in [0.2, 0.25) is 5.76 Å². The molecule has 0 bridgehead atoms. The fourth-order valence-electron chi connectivity index (χ4n) is 2.04. The van der Waals surface area contributed by atoms with Gasteiger partial charge in [0.25, 0.3) is 5.91 Å². The third kappa shape index (κ3) is 3.16. The van der Waals surface area contributed by atoms with Crippen molar-refractivity contribution in [3.8, 4) is 10.6 Å². The van der Waals surface area contributed by atoms with Gasteiger partial charge >= 0.3 is 6.18 Å². The molecule has 0 aromatic carbocycles. The molecule has 22 heavy (non-hydrogen) atoms. The maximum absolute atomic E-state index is 12.7. The van der Waals surface area contributed by atoms with Crippen molar-refractivity contribution >= 4 is 17.2 Å². The Kier molecular flexibility index (Phi) is 4.60. The van der Waals surface area contributed by atoms with Crippen molar-refractivity contribution in [3.63, 3.8) is 0 Å². The van der Waals surface area contributed by atoms with E-state index in [4.69, 9.17) is 0 Å². The summed E-state index contributed by atoms with van der Waals surface area (Å²) in [5, 5.41) is 3.50. The topological polar surface area (TPSA) is 46.3 Å². The Morgan fingerprint density at radius 3 is 2.64 bits per heavy atom. The van der Waals surface area contributed by atoms with E-state index in [1.807, 2.05) is 6.92 Å². The number of alkyl halides is 3. The second-order valence-electron chi connectivity index (χ2n) is 4.87. The minimum absolute atomic E-state index is 0.0738. The number of halogens is 3. The Morgan fingerprint density at radius 2 is 2.09 bits per heavy atom. The van der Waals surface area contributed by atoms with Crippen molar-refractivity contribution in [1.29, 1.82) is 0 Å². The van der Waals surface area contributed by atoms with Crippen LogP contribution in [0.4, 0.5) is 13.2 Å². The molecule has 0 saturated heterocycles. The van der Waals surface area contributed by atoms with Gasteiger partial charge in [-0.1, -0.05) is 12.1 Å². The summed E-state index contributed by atoms with van der Waals surface area (Å²) in [6.07, 6.45) is -3.75. The normalized spacial score (nSPS) is 11.7. The molecule has 2 rings (SSSR count). The van der Waals surface area contributed by atoms with Crippen molar-refractivity contribution in [2.75, 3.05) is 13.6 Å². The van der Waals surface area contributed by atoms with Crippen LogP contribution in [0.1, 0.15) is 34.3 Å².